The summed E-state index contributed by atoms with van der Waals surface area (Å²) in [5.74, 6) is 1.90. The number of benzene rings is 1. The first-order valence-corrected chi connectivity index (χ1v) is 6.28. The number of nitrogens with zero attached hydrogens (tertiary/aromatic N) is 3. The van der Waals surface area contributed by atoms with Crippen LogP contribution < -0.4 is 10.5 Å². The van der Waals surface area contributed by atoms with Gasteiger partial charge in [0.1, 0.15) is 18.2 Å². The fraction of sp³-hybridized carbons (Fsp3) is 0.357. The monoisotopic (exact) mass is 260 g/mol. The molecule has 0 unspecified atom stereocenters. The molecule has 19 heavy (non-hydrogen) atoms. The predicted octanol–water partition coefficient (Wildman–Crippen LogP) is 1.51. The smallest absolute Gasteiger partial charge is 0.122 e. The Kier molecular flexibility index (Phi) is 4.41. The van der Waals surface area contributed by atoms with Gasteiger partial charge in [-0.15, -0.1) is 0 Å². The SMILES string of the molecule is CN(CCOc1ccc(N)cc1)Cc1nccn1C. The van der Waals surface area contributed by atoms with E-state index < -0.39 is 0 Å². The maximum absolute atomic E-state index is 5.66. The van der Waals surface area contributed by atoms with Gasteiger partial charge in [0.05, 0.1) is 6.54 Å². The Morgan fingerprint density at radius 2 is 2.05 bits per heavy atom. The molecule has 1 aromatic heterocycles. The molecule has 0 saturated carbocycles. The molecular formula is C14H20N4O. The largest absolute Gasteiger partial charge is 0.492 e. The maximum atomic E-state index is 5.66. The van der Waals surface area contributed by atoms with E-state index in [2.05, 4.69) is 16.9 Å². The lowest BCUT2D eigenvalue weighted by Crippen LogP contribution is -2.25. The second kappa shape index (κ2) is 6.24. The van der Waals surface area contributed by atoms with Crippen LogP contribution in [0.15, 0.2) is 36.7 Å². The first-order chi connectivity index (χ1) is 9.15. The molecule has 0 fully saturated rings. The molecule has 0 spiro atoms. The highest BCUT2D eigenvalue weighted by Crippen LogP contribution is 2.12. The van der Waals surface area contributed by atoms with Crippen LogP contribution in [-0.2, 0) is 13.6 Å². The number of aryl methyl sites for hydroxylation is 1. The topological polar surface area (TPSA) is 56.3 Å². The zero-order chi connectivity index (χ0) is 13.7. The van der Waals surface area contributed by atoms with Gasteiger partial charge < -0.3 is 15.0 Å². The van der Waals surface area contributed by atoms with E-state index in [4.69, 9.17) is 10.5 Å². The number of nitrogen functional groups attached to an aromatic ring is 1. The second-order valence-electron chi connectivity index (χ2n) is 4.61. The summed E-state index contributed by atoms with van der Waals surface area (Å²) in [5, 5.41) is 0. The molecule has 1 aromatic carbocycles. The molecular weight excluding hydrogens is 240 g/mol. The molecule has 102 valence electrons. The van der Waals surface area contributed by atoms with Gasteiger partial charge in [0.2, 0.25) is 0 Å². The summed E-state index contributed by atoms with van der Waals surface area (Å²) in [6.45, 7) is 2.30. The number of likely N-dealkylation sites (N-methyl/N-ethyl adjacent to an activating group) is 1. The molecule has 0 saturated heterocycles. The van der Waals surface area contributed by atoms with Crippen molar-refractivity contribution < 1.29 is 4.74 Å². The van der Waals surface area contributed by atoms with Gasteiger partial charge in [0.25, 0.3) is 0 Å². The van der Waals surface area contributed by atoms with Gasteiger partial charge in [-0.3, -0.25) is 4.90 Å². The van der Waals surface area contributed by atoms with Gasteiger partial charge >= 0.3 is 0 Å². The van der Waals surface area contributed by atoms with Gasteiger partial charge in [-0.25, -0.2) is 4.98 Å². The zero-order valence-corrected chi connectivity index (χ0v) is 11.4. The van der Waals surface area contributed by atoms with Crippen molar-refractivity contribution in [2.24, 2.45) is 7.05 Å². The van der Waals surface area contributed by atoms with Crippen LogP contribution in [0.1, 0.15) is 5.82 Å². The van der Waals surface area contributed by atoms with Gasteiger partial charge in [-0.2, -0.15) is 0 Å². The van der Waals surface area contributed by atoms with Gasteiger partial charge in [-0.1, -0.05) is 0 Å². The van der Waals surface area contributed by atoms with E-state index >= 15 is 0 Å². The molecule has 0 amide bonds. The molecule has 0 bridgehead atoms. The molecule has 5 nitrogen and oxygen atoms in total. The van der Waals surface area contributed by atoms with Crippen molar-refractivity contribution in [1.82, 2.24) is 14.5 Å². The maximum Gasteiger partial charge on any atom is 0.122 e. The van der Waals surface area contributed by atoms with Crippen molar-refractivity contribution >= 4 is 5.69 Å². The summed E-state index contributed by atoms with van der Waals surface area (Å²) in [6, 6.07) is 7.45. The summed E-state index contributed by atoms with van der Waals surface area (Å²) in [5.41, 5.74) is 6.37. The van der Waals surface area contributed by atoms with E-state index in [9.17, 15) is 0 Å². The molecule has 0 aliphatic carbocycles. The third kappa shape index (κ3) is 3.99. The summed E-state index contributed by atoms with van der Waals surface area (Å²) in [4.78, 5) is 6.48. The van der Waals surface area contributed by atoms with Gasteiger partial charge in [0, 0.05) is 31.7 Å². The average molecular weight is 260 g/mol. The minimum atomic E-state index is 0.644. The Morgan fingerprint density at radius 1 is 1.32 bits per heavy atom. The standard InChI is InChI=1S/C14H20N4O/c1-17(11-14-16-7-8-18(14)2)9-10-19-13-5-3-12(15)4-6-13/h3-8H,9-11,15H2,1-2H3. The van der Waals surface area contributed by atoms with Crippen molar-refractivity contribution in [3.8, 4) is 5.75 Å². The second-order valence-corrected chi connectivity index (χ2v) is 4.61. The van der Waals surface area contributed by atoms with E-state index in [1.165, 1.54) is 0 Å². The van der Waals surface area contributed by atoms with Crippen LogP contribution in [0.4, 0.5) is 5.69 Å². The highest BCUT2D eigenvalue weighted by Gasteiger charge is 2.04. The molecule has 0 atom stereocenters. The van der Waals surface area contributed by atoms with Crippen LogP contribution in [-0.4, -0.2) is 34.7 Å². The van der Waals surface area contributed by atoms with Crippen molar-refractivity contribution in [2.45, 2.75) is 6.54 Å². The molecule has 2 rings (SSSR count). The highest BCUT2D eigenvalue weighted by molar-refractivity contribution is 5.41. The van der Waals surface area contributed by atoms with Crippen LogP contribution >= 0.6 is 0 Å². The van der Waals surface area contributed by atoms with Crippen LogP contribution in [0, 0.1) is 0 Å². The van der Waals surface area contributed by atoms with E-state index in [-0.39, 0.29) is 0 Å². The first-order valence-electron chi connectivity index (χ1n) is 6.28. The number of hydrogen-bond acceptors (Lipinski definition) is 4. The molecule has 2 aromatic rings. The molecule has 5 heteroatoms. The molecule has 0 radical (unpaired) electrons. The van der Waals surface area contributed by atoms with Crippen molar-refractivity contribution in [3.05, 3.63) is 42.5 Å². The molecule has 1 heterocycles. The van der Waals surface area contributed by atoms with Crippen LogP contribution in [0.25, 0.3) is 0 Å². The summed E-state index contributed by atoms with van der Waals surface area (Å²) < 4.78 is 7.68. The quantitative estimate of drug-likeness (QED) is 0.800. The Hall–Kier alpha value is -2.01. The lowest BCUT2D eigenvalue weighted by molar-refractivity contribution is 0.228. The summed E-state index contributed by atoms with van der Waals surface area (Å²) in [7, 11) is 4.06. The third-order valence-corrected chi connectivity index (χ3v) is 2.95. The van der Waals surface area contributed by atoms with Crippen LogP contribution in [0.5, 0.6) is 5.75 Å². The summed E-state index contributed by atoms with van der Waals surface area (Å²) >= 11 is 0. The van der Waals surface area contributed by atoms with Crippen molar-refractivity contribution in [3.63, 3.8) is 0 Å². The highest BCUT2D eigenvalue weighted by atomic mass is 16.5. The average Bonchev–Trinajstić information content (AvgIpc) is 2.78. The minimum Gasteiger partial charge on any atom is -0.492 e. The molecule has 0 aliphatic rings. The Labute approximate surface area is 113 Å². The molecule has 2 N–H and O–H groups in total. The predicted molar refractivity (Wildman–Crippen MR) is 75.9 cm³/mol. The van der Waals surface area contributed by atoms with E-state index in [1.807, 2.05) is 48.3 Å². The number of aromatic nitrogens is 2. The van der Waals surface area contributed by atoms with E-state index in [1.54, 1.807) is 0 Å². The van der Waals surface area contributed by atoms with Crippen molar-refractivity contribution in [2.75, 3.05) is 25.9 Å². The Balaban J connectivity index is 1.73. The van der Waals surface area contributed by atoms with Gasteiger partial charge in [0.15, 0.2) is 0 Å². The van der Waals surface area contributed by atoms with Crippen LogP contribution in [0.2, 0.25) is 0 Å². The number of ether oxygens (including phenoxy) is 1. The van der Waals surface area contributed by atoms with Crippen LogP contribution in [0.3, 0.4) is 0 Å². The third-order valence-electron chi connectivity index (χ3n) is 2.95. The normalized spacial score (nSPS) is 10.9. The lowest BCUT2D eigenvalue weighted by Gasteiger charge is -2.16. The van der Waals surface area contributed by atoms with E-state index in [0.29, 0.717) is 6.61 Å². The molecule has 0 aliphatic heterocycles. The van der Waals surface area contributed by atoms with E-state index in [0.717, 1.165) is 30.4 Å². The Morgan fingerprint density at radius 3 is 2.68 bits per heavy atom. The number of imidazole rings is 1. The summed E-state index contributed by atoms with van der Waals surface area (Å²) in [6.07, 6.45) is 3.77. The first kappa shape index (κ1) is 13.4. The number of nitrogens with two attached hydrogens (primary N) is 1. The number of hydrogen-bond donors (Lipinski definition) is 1. The number of anilines is 1. The minimum absolute atomic E-state index is 0.644. The fourth-order valence-corrected chi connectivity index (χ4v) is 1.75. The fourth-order valence-electron chi connectivity index (χ4n) is 1.75. The lowest BCUT2D eigenvalue weighted by atomic mass is 10.3. The van der Waals surface area contributed by atoms with Gasteiger partial charge in [-0.05, 0) is 31.3 Å². The zero-order valence-electron chi connectivity index (χ0n) is 11.4. The number of rotatable bonds is 6. The van der Waals surface area contributed by atoms with Crippen molar-refractivity contribution in [1.29, 1.82) is 0 Å². The Bertz CT molecular complexity index is 506.